The van der Waals surface area contributed by atoms with E-state index in [-0.39, 0.29) is 0 Å². The van der Waals surface area contributed by atoms with Crippen LogP contribution in [0.3, 0.4) is 0 Å². The Balaban J connectivity index is 1.77. The molecule has 0 spiro atoms. The Morgan fingerprint density at radius 3 is 2.39 bits per heavy atom. The second-order valence-corrected chi connectivity index (χ2v) is 6.12. The number of aliphatic carboxylic acids is 1. The van der Waals surface area contributed by atoms with Gasteiger partial charge in [-0.1, -0.05) is 26.2 Å². The van der Waals surface area contributed by atoms with E-state index in [0.717, 1.165) is 12.8 Å². The lowest BCUT2D eigenvalue weighted by Gasteiger charge is -2.38. The Bertz CT molecular complexity index is 266. The standard InChI is InChI=1S/C15H27NO2/c1-2-3-4-5-8-16-13-6-7-14(16)10-12(9-13)11-15(17)18/h12-14H,2-11H2,1H3,(H,17,18). The molecular formula is C15H27NO2. The molecule has 0 aromatic carbocycles. The minimum Gasteiger partial charge on any atom is -0.481 e. The van der Waals surface area contributed by atoms with Crippen molar-refractivity contribution in [2.24, 2.45) is 5.92 Å². The van der Waals surface area contributed by atoms with Gasteiger partial charge in [0.1, 0.15) is 0 Å². The third-order valence-corrected chi connectivity index (χ3v) is 4.72. The first-order valence-corrected chi connectivity index (χ1v) is 7.68. The van der Waals surface area contributed by atoms with Crippen LogP contribution in [-0.4, -0.2) is 34.6 Å². The Kier molecular flexibility index (Phi) is 5.04. The maximum Gasteiger partial charge on any atom is 0.303 e. The zero-order chi connectivity index (χ0) is 13.0. The summed E-state index contributed by atoms with van der Waals surface area (Å²) in [5.74, 6) is -0.178. The molecule has 18 heavy (non-hydrogen) atoms. The van der Waals surface area contributed by atoms with E-state index in [2.05, 4.69) is 11.8 Å². The molecule has 2 heterocycles. The molecule has 2 aliphatic rings. The fraction of sp³-hybridized carbons (Fsp3) is 0.933. The highest BCUT2D eigenvalue weighted by atomic mass is 16.4. The summed E-state index contributed by atoms with van der Waals surface area (Å²) in [6.45, 7) is 3.50. The van der Waals surface area contributed by atoms with E-state index in [4.69, 9.17) is 5.11 Å². The van der Waals surface area contributed by atoms with Gasteiger partial charge in [0.25, 0.3) is 0 Å². The molecule has 104 valence electrons. The highest BCUT2D eigenvalue weighted by Crippen LogP contribution is 2.39. The van der Waals surface area contributed by atoms with E-state index in [1.165, 1.54) is 45.1 Å². The maximum absolute atomic E-state index is 10.8. The molecule has 2 saturated heterocycles. The number of hydrogen-bond donors (Lipinski definition) is 1. The van der Waals surface area contributed by atoms with Crippen LogP contribution >= 0.6 is 0 Å². The lowest BCUT2D eigenvalue weighted by molar-refractivity contribution is -0.138. The summed E-state index contributed by atoms with van der Waals surface area (Å²) in [6.07, 6.45) is 10.6. The van der Waals surface area contributed by atoms with Crippen molar-refractivity contribution in [1.29, 1.82) is 0 Å². The summed E-state index contributed by atoms with van der Waals surface area (Å²) in [7, 11) is 0. The van der Waals surface area contributed by atoms with Crippen LogP contribution in [0.1, 0.15) is 64.7 Å². The summed E-state index contributed by atoms with van der Waals surface area (Å²) in [6, 6.07) is 1.38. The Morgan fingerprint density at radius 1 is 1.17 bits per heavy atom. The number of hydrogen-bond acceptors (Lipinski definition) is 2. The molecule has 0 aromatic heterocycles. The number of fused-ring (bicyclic) bond motifs is 2. The molecule has 2 rings (SSSR count). The lowest BCUT2D eigenvalue weighted by atomic mass is 9.88. The number of piperidine rings is 1. The highest BCUT2D eigenvalue weighted by molar-refractivity contribution is 5.67. The van der Waals surface area contributed by atoms with E-state index >= 15 is 0 Å². The van der Waals surface area contributed by atoms with Gasteiger partial charge in [0.05, 0.1) is 0 Å². The molecule has 0 radical (unpaired) electrons. The minimum atomic E-state index is -0.615. The predicted octanol–water partition coefficient (Wildman–Crippen LogP) is 3.28. The van der Waals surface area contributed by atoms with E-state index in [0.29, 0.717) is 24.4 Å². The van der Waals surface area contributed by atoms with Gasteiger partial charge in [0, 0.05) is 18.5 Å². The molecule has 2 atom stereocenters. The fourth-order valence-corrected chi connectivity index (χ4v) is 3.89. The molecule has 0 saturated carbocycles. The Hall–Kier alpha value is -0.570. The first kappa shape index (κ1) is 13.9. The summed E-state index contributed by atoms with van der Waals surface area (Å²) in [5.41, 5.74) is 0. The van der Waals surface area contributed by atoms with E-state index < -0.39 is 5.97 Å². The SMILES string of the molecule is CCCCCCN1C2CCC1CC(CC(=O)O)C2. The minimum absolute atomic E-state index is 0.386. The molecule has 2 unspecified atom stereocenters. The van der Waals surface area contributed by atoms with Gasteiger partial charge in [-0.2, -0.15) is 0 Å². The van der Waals surface area contributed by atoms with Crippen molar-refractivity contribution in [2.75, 3.05) is 6.54 Å². The zero-order valence-corrected chi connectivity index (χ0v) is 11.6. The number of carbonyl (C=O) groups is 1. The lowest BCUT2D eigenvalue weighted by Crippen LogP contribution is -2.43. The second-order valence-electron chi connectivity index (χ2n) is 6.12. The normalized spacial score (nSPS) is 31.7. The first-order valence-electron chi connectivity index (χ1n) is 7.68. The van der Waals surface area contributed by atoms with Crippen LogP contribution in [0.25, 0.3) is 0 Å². The second kappa shape index (κ2) is 6.55. The summed E-state index contributed by atoms with van der Waals surface area (Å²) >= 11 is 0. The van der Waals surface area contributed by atoms with Crippen molar-refractivity contribution < 1.29 is 9.90 Å². The molecule has 0 aromatic rings. The third kappa shape index (κ3) is 3.47. The molecular weight excluding hydrogens is 226 g/mol. The van der Waals surface area contributed by atoms with Crippen molar-refractivity contribution in [2.45, 2.75) is 76.8 Å². The number of rotatable bonds is 7. The van der Waals surface area contributed by atoms with Gasteiger partial charge in [0.15, 0.2) is 0 Å². The van der Waals surface area contributed by atoms with Gasteiger partial charge in [-0.15, -0.1) is 0 Å². The molecule has 0 aliphatic carbocycles. The smallest absolute Gasteiger partial charge is 0.303 e. The fourth-order valence-electron chi connectivity index (χ4n) is 3.89. The highest BCUT2D eigenvalue weighted by Gasteiger charge is 2.40. The van der Waals surface area contributed by atoms with E-state index in [9.17, 15) is 4.79 Å². The number of carboxylic acids is 1. The van der Waals surface area contributed by atoms with Crippen LogP contribution in [0.5, 0.6) is 0 Å². The van der Waals surface area contributed by atoms with E-state index in [1.54, 1.807) is 0 Å². The molecule has 2 aliphatic heterocycles. The van der Waals surface area contributed by atoms with Crippen molar-refractivity contribution >= 4 is 5.97 Å². The Labute approximate surface area is 111 Å². The average molecular weight is 253 g/mol. The van der Waals surface area contributed by atoms with Crippen molar-refractivity contribution in [3.63, 3.8) is 0 Å². The zero-order valence-electron chi connectivity index (χ0n) is 11.6. The monoisotopic (exact) mass is 253 g/mol. The average Bonchev–Trinajstić information content (AvgIpc) is 2.56. The van der Waals surface area contributed by atoms with Gasteiger partial charge < -0.3 is 5.11 Å². The largest absolute Gasteiger partial charge is 0.481 e. The van der Waals surface area contributed by atoms with E-state index in [1.807, 2.05) is 0 Å². The third-order valence-electron chi connectivity index (χ3n) is 4.72. The predicted molar refractivity (Wildman–Crippen MR) is 72.6 cm³/mol. The van der Waals surface area contributed by atoms with Crippen molar-refractivity contribution in [1.82, 2.24) is 4.90 Å². The van der Waals surface area contributed by atoms with Crippen LogP contribution in [0.15, 0.2) is 0 Å². The van der Waals surface area contributed by atoms with Gasteiger partial charge in [-0.25, -0.2) is 0 Å². The molecule has 2 fully saturated rings. The quantitative estimate of drug-likeness (QED) is 0.708. The molecule has 1 N–H and O–H groups in total. The Morgan fingerprint density at radius 2 is 1.83 bits per heavy atom. The van der Waals surface area contributed by atoms with Gasteiger partial charge in [0.2, 0.25) is 0 Å². The molecule has 3 heteroatoms. The van der Waals surface area contributed by atoms with Gasteiger partial charge in [-0.3, -0.25) is 9.69 Å². The molecule has 0 amide bonds. The van der Waals surface area contributed by atoms with Crippen LogP contribution in [-0.2, 0) is 4.79 Å². The van der Waals surface area contributed by atoms with Crippen LogP contribution in [0.2, 0.25) is 0 Å². The number of unbranched alkanes of at least 4 members (excludes halogenated alkanes) is 3. The van der Waals surface area contributed by atoms with Crippen LogP contribution in [0, 0.1) is 5.92 Å². The van der Waals surface area contributed by atoms with Crippen molar-refractivity contribution in [3.05, 3.63) is 0 Å². The van der Waals surface area contributed by atoms with Gasteiger partial charge >= 0.3 is 5.97 Å². The van der Waals surface area contributed by atoms with Gasteiger partial charge in [-0.05, 0) is 44.6 Å². The topological polar surface area (TPSA) is 40.5 Å². The van der Waals surface area contributed by atoms with Crippen LogP contribution in [0.4, 0.5) is 0 Å². The first-order chi connectivity index (χ1) is 8.70. The summed E-state index contributed by atoms with van der Waals surface area (Å²) < 4.78 is 0. The maximum atomic E-state index is 10.8. The molecule has 3 nitrogen and oxygen atoms in total. The summed E-state index contributed by atoms with van der Waals surface area (Å²) in [4.78, 5) is 13.5. The van der Waals surface area contributed by atoms with Crippen molar-refractivity contribution in [3.8, 4) is 0 Å². The number of carboxylic acid groups (broad SMARTS) is 1. The summed E-state index contributed by atoms with van der Waals surface area (Å²) in [5, 5.41) is 8.91. The number of nitrogens with zero attached hydrogens (tertiary/aromatic N) is 1. The van der Waals surface area contributed by atoms with Crippen LogP contribution < -0.4 is 0 Å². The molecule has 2 bridgehead atoms.